The van der Waals surface area contributed by atoms with E-state index in [-0.39, 0.29) is 37.0 Å². The lowest BCUT2D eigenvalue weighted by Gasteiger charge is -2.18. The predicted octanol–water partition coefficient (Wildman–Crippen LogP) is 4.86. The average Bonchev–Trinajstić information content (AvgIpc) is 3.19. The van der Waals surface area contributed by atoms with Gasteiger partial charge in [0.05, 0.1) is 30.4 Å². The lowest BCUT2D eigenvalue weighted by atomic mass is 10.0. The Morgan fingerprint density at radius 3 is 2.53 bits per heavy atom. The van der Waals surface area contributed by atoms with Gasteiger partial charge in [-0.2, -0.15) is 18.2 Å². The number of benzene rings is 2. The molecule has 0 fully saturated rings. The van der Waals surface area contributed by atoms with Crippen LogP contribution in [-0.2, 0) is 28.7 Å². The molecule has 10 heteroatoms. The van der Waals surface area contributed by atoms with Crippen LogP contribution in [0.25, 0.3) is 0 Å². The molecule has 2 aromatic rings. The maximum atomic E-state index is 13.1. The van der Waals surface area contributed by atoms with Crippen LogP contribution in [0.1, 0.15) is 54.2 Å². The van der Waals surface area contributed by atoms with Crippen molar-refractivity contribution in [2.24, 2.45) is 0 Å². The van der Waals surface area contributed by atoms with Crippen molar-refractivity contribution in [2.75, 3.05) is 6.61 Å². The molecule has 0 aromatic heterocycles. The molecule has 1 N–H and O–H groups in total. The van der Waals surface area contributed by atoms with Gasteiger partial charge in [-0.1, -0.05) is 13.0 Å². The molecule has 0 spiro atoms. The lowest BCUT2D eigenvalue weighted by molar-refractivity contribution is -0.153. The molecule has 184 valence electrons. The number of hydrogen-bond acceptors (Lipinski definition) is 5. The molecular weight excluding hydrogens is 455 g/mol. The Morgan fingerprint density at radius 2 is 1.91 bits per heavy atom. The fraction of sp³-hybridized carbons (Fsp3) is 0.417. The van der Waals surface area contributed by atoms with E-state index in [2.05, 4.69) is 0 Å². The van der Waals surface area contributed by atoms with Crippen LogP contribution in [0.4, 0.5) is 13.2 Å². The Labute approximate surface area is 195 Å². The predicted molar refractivity (Wildman–Crippen MR) is 116 cm³/mol. The Hall–Kier alpha value is -3.27. The third-order valence-electron chi connectivity index (χ3n) is 5.01. The molecule has 34 heavy (non-hydrogen) atoms. The molecule has 0 bridgehead atoms. The maximum absolute atomic E-state index is 13.1. The van der Waals surface area contributed by atoms with E-state index in [9.17, 15) is 27.9 Å². The molecule has 0 saturated carbocycles. The summed E-state index contributed by atoms with van der Waals surface area (Å²) in [6.07, 6.45) is -5.18. The van der Waals surface area contributed by atoms with Crippen molar-refractivity contribution in [3.8, 4) is 11.5 Å². The van der Waals surface area contributed by atoms with Crippen molar-refractivity contribution in [3.05, 3.63) is 58.7 Å². The minimum Gasteiger partial charge on any atom is -0.493 e. The molecule has 1 aliphatic heterocycles. The molecule has 2 aromatic carbocycles. The molecule has 7 nitrogen and oxygen atoms in total. The first-order chi connectivity index (χ1) is 16.0. The number of carboxylic acids is 1. The Kier molecular flexibility index (Phi) is 7.71. The Bertz CT molecular complexity index is 1050. The van der Waals surface area contributed by atoms with Gasteiger partial charge in [-0.25, -0.2) is 4.79 Å². The number of nitrogens with zero attached hydrogens (tertiary/aromatic N) is 1. The number of hydrogen-bond donors (Lipinski definition) is 1. The van der Waals surface area contributed by atoms with E-state index in [1.54, 1.807) is 39.0 Å². The van der Waals surface area contributed by atoms with E-state index >= 15 is 0 Å². The van der Waals surface area contributed by atoms with Gasteiger partial charge in [-0.05, 0) is 56.2 Å². The van der Waals surface area contributed by atoms with Crippen molar-refractivity contribution >= 4 is 11.9 Å². The van der Waals surface area contributed by atoms with E-state index in [4.69, 9.17) is 14.3 Å². The summed E-state index contributed by atoms with van der Waals surface area (Å²) in [6.45, 7) is 5.48. The summed E-state index contributed by atoms with van der Waals surface area (Å²) < 4.78 is 50.3. The molecule has 1 aliphatic rings. The summed E-state index contributed by atoms with van der Waals surface area (Å²) in [7, 11) is 0. The van der Waals surface area contributed by atoms with Crippen molar-refractivity contribution in [1.82, 2.24) is 5.06 Å². The van der Waals surface area contributed by atoms with Crippen LogP contribution < -0.4 is 9.57 Å². The summed E-state index contributed by atoms with van der Waals surface area (Å²) in [5, 5.41) is 10.4. The maximum Gasteiger partial charge on any atom is 0.416 e. The second-order valence-corrected chi connectivity index (χ2v) is 8.15. The number of carbonyl (C=O) groups is 2. The number of ether oxygens (including phenoxy) is 2. The zero-order valence-electron chi connectivity index (χ0n) is 19.0. The first-order valence-electron chi connectivity index (χ1n) is 10.8. The smallest absolute Gasteiger partial charge is 0.416 e. The lowest BCUT2D eigenvalue weighted by Crippen LogP contribution is -2.30. The molecule has 0 saturated heterocycles. The number of rotatable bonds is 9. The van der Waals surface area contributed by atoms with Crippen LogP contribution in [0.5, 0.6) is 11.5 Å². The molecule has 0 aliphatic carbocycles. The number of halogens is 3. The van der Waals surface area contributed by atoms with Gasteiger partial charge in [0.15, 0.2) is 11.9 Å². The highest BCUT2D eigenvalue weighted by Gasteiger charge is 2.34. The first kappa shape index (κ1) is 25.4. The number of carboxylic acid groups (broad SMARTS) is 1. The highest BCUT2D eigenvalue weighted by atomic mass is 19.4. The van der Waals surface area contributed by atoms with Crippen LogP contribution in [0.15, 0.2) is 36.4 Å². The third-order valence-corrected chi connectivity index (χ3v) is 5.01. The van der Waals surface area contributed by atoms with Gasteiger partial charge >= 0.3 is 12.1 Å². The van der Waals surface area contributed by atoms with Crippen LogP contribution in [0.3, 0.4) is 0 Å². The van der Waals surface area contributed by atoms with Crippen LogP contribution >= 0.6 is 0 Å². The van der Waals surface area contributed by atoms with Crippen LogP contribution in [0.2, 0.25) is 0 Å². The minimum absolute atomic E-state index is 0.0407. The molecule has 1 heterocycles. The largest absolute Gasteiger partial charge is 0.493 e. The average molecular weight is 481 g/mol. The monoisotopic (exact) mass is 481 g/mol. The number of aliphatic carboxylic acids is 1. The molecule has 1 atom stereocenters. The summed E-state index contributed by atoms with van der Waals surface area (Å²) >= 11 is 0. The number of hydroxylamine groups is 2. The van der Waals surface area contributed by atoms with Gasteiger partial charge in [0.2, 0.25) is 0 Å². The standard InChI is InChI=1S/C24H26F3NO6/c1-4-9-32-20-12-17(24(25,26)27)6-7-18(20)22(29)28-13-16-10-15(5-8-19(16)34-28)11-21(23(30)31)33-14(2)3/h5-8,10,12,14,21H,4,9,11,13H2,1-3H3,(H,30,31). The second-order valence-electron chi connectivity index (χ2n) is 8.15. The highest BCUT2D eigenvalue weighted by molar-refractivity contribution is 5.96. The van der Waals surface area contributed by atoms with Crippen molar-refractivity contribution in [3.63, 3.8) is 0 Å². The zero-order valence-corrected chi connectivity index (χ0v) is 19.0. The zero-order chi connectivity index (χ0) is 25.0. The third kappa shape index (κ3) is 5.99. The van der Waals surface area contributed by atoms with Crippen molar-refractivity contribution in [1.29, 1.82) is 0 Å². The number of amides is 1. The van der Waals surface area contributed by atoms with Gasteiger partial charge in [-0.15, -0.1) is 0 Å². The van der Waals surface area contributed by atoms with Crippen LogP contribution in [0, 0.1) is 0 Å². The van der Waals surface area contributed by atoms with Gasteiger partial charge in [0.1, 0.15) is 5.75 Å². The summed E-state index contributed by atoms with van der Waals surface area (Å²) in [4.78, 5) is 30.2. The van der Waals surface area contributed by atoms with Gasteiger partial charge in [0, 0.05) is 12.0 Å². The molecule has 3 rings (SSSR count). The number of alkyl halides is 3. The van der Waals surface area contributed by atoms with Gasteiger partial charge in [0.25, 0.3) is 5.91 Å². The summed E-state index contributed by atoms with van der Waals surface area (Å²) in [6, 6.07) is 7.74. The SMILES string of the molecule is CCCOc1cc(C(F)(F)F)ccc1C(=O)N1Cc2cc(CC(OC(C)C)C(=O)O)ccc2O1. The molecule has 1 amide bonds. The van der Waals surface area contributed by atoms with Crippen molar-refractivity contribution in [2.45, 2.75) is 58.5 Å². The fourth-order valence-corrected chi connectivity index (χ4v) is 3.47. The summed E-state index contributed by atoms with van der Waals surface area (Å²) in [5.41, 5.74) is 0.362. The molecule has 1 unspecified atom stereocenters. The Morgan fingerprint density at radius 1 is 1.18 bits per heavy atom. The minimum atomic E-state index is -4.57. The number of carbonyl (C=O) groups excluding carboxylic acids is 1. The highest BCUT2D eigenvalue weighted by Crippen LogP contribution is 2.35. The van der Waals surface area contributed by atoms with E-state index in [0.29, 0.717) is 23.3 Å². The van der Waals surface area contributed by atoms with E-state index < -0.39 is 29.7 Å². The van der Waals surface area contributed by atoms with E-state index in [1.807, 2.05) is 0 Å². The first-order valence-corrected chi connectivity index (χ1v) is 10.8. The molecule has 0 radical (unpaired) electrons. The molecular formula is C24H26F3NO6. The van der Waals surface area contributed by atoms with Gasteiger partial charge in [-0.3, -0.25) is 4.79 Å². The fourth-order valence-electron chi connectivity index (χ4n) is 3.47. The van der Waals surface area contributed by atoms with Crippen molar-refractivity contribution < 1.29 is 42.2 Å². The topological polar surface area (TPSA) is 85.3 Å². The van der Waals surface area contributed by atoms with Gasteiger partial charge < -0.3 is 19.4 Å². The van der Waals surface area contributed by atoms with E-state index in [0.717, 1.165) is 23.3 Å². The van der Waals surface area contributed by atoms with E-state index in [1.165, 1.54) is 0 Å². The second kappa shape index (κ2) is 10.3. The number of fused-ring (bicyclic) bond motifs is 1. The quantitative estimate of drug-likeness (QED) is 0.550. The summed E-state index contributed by atoms with van der Waals surface area (Å²) in [5.74, 6) is -1.50. The van der Waals surface area contributed by atoms with Crippen LogP contribution in [-0.4, -0.2) is 40.9 Å². The Balaban J connectivity index is 1.79. The normalized spacial score (nSPS) is 14.0.